The molecule has 1 aromatic heterocycles. The van der Waals surface area contributed by atoms with E-state index in [2.05, 4.69) is 48.4 Å². The second-order valence-corrected chi connectivity index (χ2v) is 6.95. The summed E-state index contributed by atoms with van der Waals surface area (Å²) in [6.45, 7) is 6.93. The van der Waals surface area contributed by atoms with Crippen LogP contribution in [0.2, 0.25) is 5.02 Å². The first kappa shape index (κ1) is 18.6. The molecule has 0 atom stereocenters. The summed E-state index contributed by atoms with van der Waals surface area (Å²) >= 11 is 6.04. The van der Waals surface area contributed by atoms with Crippen LogP contribution >= 0.6 is 11.6 Å². The van der Waals surface area contributed by atoms with Crippen molar-refractivity contribution in [3.8, 4) is 11.5 Å². The molecular weight excluding hydrogens is 346 g/mol. The summed E-state index contributed by atoms with van der Waals surface area (Å²) in [7, 11) is 0. The summed E-state index contributed by atoms with van der Waals surface area (Å²) < 4.78 is 5.84. The van der Waals surface area contributed by atoms with Gasteiger partial charge >= 0.3 is 0 Å². The van der Waals surface area contributed by atoms with Gasteiger partial charge in [0.1, 0.15) is 0 Å². The van der Waals surface area contributed by atoms with E-state index in [0.29, 0.717) is 18.3 Å². The largest absolute Gasteiger partial charge is 0.419 e. The number of nitrogens with zero attached hydrogens (tertiary/aromatic N) is 2. The predicted octanol–water partition coefficient (Wildman–Crippen LogP) is 5.50. The molecule has 136 valence electrons. The number of halogens is 1. The van der Waals surface area contributed by atoms with Crippen LogP contribution in [0, 0.1) is 6.92 Å². The van der Waals surface area contributed by atoms with Crippen LogP contribution in [0.25, 0.3) is 11.5 Å². The normalized spacial score (nSPS) is 11.7. The maximum Gasteiger partial charge on any atom is 0.247 e. The lowest BCUT2D eigenvalue weighted by molar-refractivity contribution is 0.290. The van der Waals surface area contributed by atoms with Gasteiger partial charge in [-0.15, -0.1) is 10.2 Å². The zero-order chi connectivity index (χ0) is 18.6. The molecule has 4 nitrogen and oxygen atoms in total. The van der Waals surface area contributed by atoms with E-state index in [1.807, 2.05) is 36.4 Å². The number of aryl methyl sites for hydroxylation is 1. The lowest BCUT2D eigenvalue weighted by Crippen LogP contribution is -2.41. The van der Waals surface area contributed by atoms with Gasteiger partial charge in [0.2, 0.25) is 11.8 Å². The van der Waals surface area contributed by atoms with E-state index in [1.54, 1.807) is 0 Å². The standard InChI is InChI=1S/C21H24ClN3O/c1-4-21(5-2,17-10-12-18(22)13-11-17)23-14-19-24-25-20(26-19)16-8-6-15(3)7-9-16/h6-13,23H,4-5,14H2,1-3H3. The topological polar surface area (TPSA) is 51.0 Å². The van der Waals surface area contributed by atoms with Gasteiger partial charge in [-0.1, -0.05) is 55.3 Å². The quantitative estimate of drug-likeness (QED) is 0.597. The SMILES string of the molecule is CCC(CC)(NCc1nnc(-c2ccc(C)cc2)o1)c1ccc(Cl)cc1. The van der Waals surface area contributed by atoms with Crippen LogP contribution in [-0.4, -0.2) is 10.2 Å². The van der Waals surface area contributed by atoms with Gasteiger partial charge in [0, 0.05) is 16.1 Å². The van der Waals surface area contributed by atoms with Crippen LogP contribution in [0.15, 0.2) is 52.9 Å². The van der Waals surface area contributed by atoms with Gasteiger partial charge in [0.15, 0.2) is 0 Å². The van der Waals surface area contributed by atoms with E-state index >= 15 is 0 Å². The van der Waals surface area contributed by atoms with Gasteiger partial charge < -0.3 is 4.42 Å². The summed E-state index contributed by atoms with van der Waals surface area (Å²) in [6.07, 6.45) is 1.90. The minimum absolute atomic E-state index is 0.150. The van der Waals surface area contributed by atoms with E-state index in [-0.39, 0.29) is 5.54 Å². The van der Waals surface area contributed by atoms with Crippen molar-refractivity contribution in [2.45, 2.75) is 45.7 Å². The van der Waals surface area contributed by atoms with Crippen molar-refractivity contribution in [3.05, 3.63) is 70.6 Å². The molecule has 0 amide bonds. The molecule has 1 N–H and O–H groups in total. The Hall–Kier alpha value is -2.17. The van der Waals surface area contributed by atoms with E-state index in [0.717, 1.165) is 23.4 Å². The van der Waals surface area contributed by atoms with Gasteiger partial charge in [0.25, 0.3) is 0 Å². The zero-order valence-corrected chi connectivity index (χ0v) is 16.2. The number of aromatic nitrogens is 2. The average Bonchev–Trinajstić information content (AvgIpc) is 3.14. The first-order chi connectivity index (χ1) is 12.6. The van der Waals surface area contributed by atoms with Gasteiger partial charge in [-0.2, -0.15) is 0 Å². The van der Waals surface area contributed by atoms with Gasteiger partial charge in [-0.05, 0) is 49.6 Å². The van der Waals surface area contributed by atoms with Crippen molar-refractivity contribution in [3.63, 3.8) is 0 Å². The zero-order valence-electron chi connectivity index (χ0n) is 15.4. The van der Waals surface area contributed by atoms with E-state index in [1.165, 1.54) is 11.1 Å². The van der Waals surface area contributed by atoms with Crippen LogP contribution in [0.5, 0.6) is 0 Å². The number of hydrogen-bond acceptors (Lipinski definition) is 4. The molecule has 1 heterocycles. The molecule has 26 heavy (non-hydrogen) atoms. The Balaban J connectivity index is 1.75. The molecule has 0 saturated carbocycles. The number of benzene rings is 2. The first-order valence-electron chi connectivity index (χ1n) is 8.97. The maximum absolute atomic E-state index is 6.04. The Kier molecular flexibility index (Phi) is 5.74. The Morgan fingerprint density at radius 2 is 1.62 bits per heavy atom. The lowest BCUT2D eigenvalue weighted by atomic mass is 9.84. The summed E-state index contributed by atoms with van der Waals surface area (Å²) in [5, 5.41) is 12.7. The number of hydrogen-bond donors (Lipinski definition) is 1. The van der Waals surface area contributed by atoms with Gasteiger partial charge in [-0.25, -0.2) is 0 Å². The van der Waals surface area contributed by atoms with Crippen LogP contribution < -0.4 is 5.32 Å². The highest BCUT2D eigenvalue weighted by Crippen LogP contribution is 2.30. The van der Waals surface area contributed by atoms with Crippen LogP contribution in [0.4, 0.5) is 0 Å². The summed E-state index contributed by atoms with van der Waals surface area (Å²) in [6, 6.07) is 16.1. The van der Waals surface area contributed by atoms with Crippen molar-refractivity contribution in [2.75, 3.05) is 0 Å². The van der Waals surface area contributed by atoms with Crippen molar-refractivity contribution in [1.29, 1.82) is 0 Å². The highest BCUT2D eigenvalue weighted by molar-refractivity contribution is 6.30. The molecule has 0 spiro atoms. The summed E-state index contributed by atoms with van der Waals surface area (Å²) in [5.74, 6) is 1.13. The fraction of sp³-hybridized carbons (Fsp3) is 0.333. The van der Waals surface area contributed by atoms with Crippen molar-refractivity contribution in [2.24, 2.45) is 0 Å². The first-order valence-corrected chi connectivity index (χ1v) is 9.34. The molecule has 0 aliphatic heterocycles. The molecule has 0 aliphatic carbocycles. The fourth-order valence-corrected chi connectivity index (χ4v) is 3.29. The van der Waals surface area contributed by atoms with E-state index in [9.17, 15) is 0 Å². The third-order valence-electron chi connectivity index (χ3n) is 4.95. The monoisotopic (exact) mass is 369 g/mol. The minimum atomic E-state index is -0.150. The molecule has 2 aromatic carbocycles. The van der Waals surface area contributed by atoms with E-state index < -0.39 is 0 Å². The Morgan fingerprint density at radius 1 is 0.962 bits per heavy atom. The lowest BCUT2D eigenvalue weighted by Gasteiger charge is -2.33. The third kappa shape index (κ3) is 3.97. The Labute approximate surface area is 159 Å². The molecule has 5 heteroatoms. The number of nitrogens with one attached hydrogen (secondary N) is 1. The highest BCUT2D eigenvalue weighted by atomic mass is 35.5. The smallest absolute Gasteiger partial charge is 0.247 e. The molecule has 0 aliphatic rings. The van der Waals surface area contributed by atoms with E-state index in [4.69, 9.17) is 16.0 Å². The fourth-order valence-electron chi connectivity index (χ4n) is 3.16. The third-order valence-corrected chi connectivity index (χ3v) is 5.20. The average molecular weight is 370 g/mol. The summed E-state index contributed by atoms with van der Waals surface area (Å²) in [4.78, 5) is 0. The molecule has 0 bridgehead atoms. The second-order valence-electron chi connectivity index (χ2n) is 6.52. The summed E-state index contributed by atoms with van der Waals surface area (Å²) in [5.41, 5.74) is 3.20. The van der Waals surface area contributed by atoms with Crippen LogP contribution in [0.3, 0.4) is 0 Å². The molecular formula is C21H24ClN3O. The molecule has 0 fully saturated rings. The second kappa shape index (κ2) is 8.02. The number of rotatable bonds is 7. The van der Waals surface area contributed by atoms with Gasteiger partial charge in [0.05, 0.1) is 6.54 Å². The van der Waals surface area contributed by atoms with Crippen LogP contribution in [-0.2, 0) is 12.1 Å². The molecule has 3 aromatic rings. The molecule has 0 saturated heterocycles. The highest BCUT2D eigenvalue weighted by Gasteiger charge is 2.28. The van der Waals surface area contributed by atoms with Crippen molar-refractivity contribution in [1.82, 2.24) is 15.5 Å². The molecule has 3 rings (SSSR count). The Morgan fingerprint density at radius 3 is 2.23 bits per heavy atom. The van der Waals surface area contributed by atoms with Crippen LogP contribution in [0.1, 0.15) is 43.7 Å². The maximum atomic E-state index is 6.04. The molecule has 0 radical (unpaired) electrons. The van der Waals surface area contributed by atoms with Gasteiger partial charge in [-0.3, -0.25) is 5.32 Å². The van der Waals surface area contributed by atoms with Crippen molar-refractivity contribution < 1.29 is 4.42 Å². The Bertz CT molecular complexity index is 836. The predicted molar refractivity (Wildman–Crippen MR) is 105 cm³/mol. The molecule has 0 unspecified atom stereocenters. The minimum Gasteiger partial charge on any atom is -0.419 e. The van der Waals surface area contributed by atoms with Crippen molar-refractivity contribution >= 4 is 11.6 Å².